The Bertz CT molecular complexity index is 584. The third-order valence-corrected chi connectivity index (χ3v) is 5.39. The first-order chi connectivity index (χ1) is 12.1. The molecule has 1 aliphatic rings. The van der Waals surface area contributed by atoms with Crippen LogP contribution in [-0.4, -0.2) is 23.9 Å². The normalized spacial score (nSPS) is 19.2. The lowest BCUT2D eigenvalue weighted by molar-refractivity contribution is 0.0544. The second kappa shape index (κ2) is 10.6. The first-order valence-electron chi connectivity index (χ1n) is 9.04. The summed E-state index contributed by atoms with van der Waals surface area (Å²) in [5.41, 5.74) is 1.65. The summed E-state index contributed by atoms with van der Waals surface area (Å²) in [6.45, 7) is 2.44. The number of hydrogen-bond acceptors (Lipinski definition) is 5. The van der Waals surface area contributed by atoms with Gasteiger partial charge in [-0.3, -0.25) is 4.52 Å². The van der Waals surface area contributed by atoms with Gasteiger partial charge in [0, 0.05) is 19.0 Å². The first-order valence-corrected chi connectivity index (χ1v) is 9.77. The summed E-state index contributed by atoms with van der Waals surface area (Å²) in [5, 5.41) is 22.7. The minimum absolute atomic E-state index is 0.0367. The van der Waals surface area contributed by atoms with Gasteiger partial charge in [0.15, 0.2) is 0 Å². The zero-order valence-electron chi connectivity index (χ0n) is 14.7. The molecule has 1 aromatic rings. The Hall–Kier alpha value is -1.31. The Morgan fingerprint density at radius 1 is 1.40 bits per heavy atom. The monoisotopic (exact) mass is 362 g/mol. The molecule has 0 spiro atoms. The number of aliphatic hydroxyl groups is 1. The number of rotatable bonds is 9. The summed E-state index contributed by atoms with van der Waals surface area (Å²) in [5.74, 6) is 0.384. The molecule has 0 amide bonds. The van der Waals surface area contributed by atoms with Crippen LogP contribution in [0, 0.1) is 17.2 Å². The fraction of sp³-hybridized carbons (Fsp3) is 0.632. The van der Waals surface area contributed by atoms with E-state index in [0.717, 1.165) is 18.4 Å². The van der Waals surface area contributed by atoms with Crippen LogP contribution in [0.4, 0.5) is 0 Å². The summed E-state index contributed by atoms with van der Waals surface area (Å²) < 4.78 is 16.3. The Morgan fingerprint density at radius 3 is 2.84 bits per heavy atom. The van der Waals surface area contributed by atoms with Crippen molar-refractivity contribution in [2.45, 2.75) is 63.7 Å². The topological polar surface area (TPSA) is 82.3 Å². The molecular formula is C19H27N2O3P. The number of nitrogens with one attached hydrogen (secondary N) is 1. The lowest BCUT2D eigenvalue weighted by Gasteiger charge is -2.30. The summed E-state index contributed by atoms with van der Waals surface area (Å²) >= 11 is 0. The van der Waals surface area contributed by atoms with Crippen LogP contribution in [0.3, 0.4) is 0 Å². The Labute approximate surface area is 151 Å². The molecule has 25 heavy (non-hydrogen) atoms. The van der Waals surface area contributed by atoms with Gasteiger partial charge in [-0.25, -0.2) is 4.57 Å². The highest BCUT2D eigenvalue weighted by atomic mass is 31.1. The molecule has 6 heteroatoms. The van der Waals surface area contributed by atoms with Crippen molar-refractivity contribution < 1.29 is 14.2 Å². The minimum Gasteiger partial charge on any atom is -0.392 e. The van der Waals surface area contributed by atoms with Crippen molar-refractivity contribution in [1.82, 2.24) is 5.32 Å². The molecule has 2 N–H and O–H groups in total. The van der Waals surface area contributed by atoms with Gasteiger partial charge < -0.3 is 10.4 Å². The highest BCUT2D eigenvalue weighted by molar-refractivity contribution is 7.17. The number of nitrogens with zero attached hydrogens (tertiary/aromatic N) is 1. The van der Waals surface area contributed by atoms with Crippen LogP contribution in [0.2, 0.25) is 0 Å². The van der Waals surface area contributed by atoms with Gasteiger partial charge in [0.25, 0.3) is 0 Å². The molecule has 0 radical (unpaired) electrons. The largest absolute Gasteiger partial charge is 0.392 e. The van der Waals surface area contributed by atoms with Gasteiger partial charge in [-0.1, -0.05) is 31.4 Å². The van der Waals surface area contributed by atoms with Crippen molar-refractivity contribution in [2.75, 3.05) is 6.54 Å². The van der Waals surface area contributed by atoms with Gasteiger partial charge in [0.1, 0.15) is 0 Å². The van der Waals surface area contributed by atoms with Crippen LogP contribution in [0.25, 0.3) is 0 Å². The van der Waals surface area contributed by atoms with E-state index in [4.69, 9.17) is 9.79 Å². The molecule has 0 aliphatic heterocycles. The fourth-order valence-electron chi connectivity index (χ4n) is 3.54. The predicted molar refractivity (Wildman–Crippen MR) is 97.3 cm³/mol. The van der Waals surface area contributed by atoms with Crippen LogP contribution in [0.15, 0.2) is 24.3 Å². The average Bonchev–Trinajstić information content (AvgIpc) is 2.66. The molecular weight excluding hydrogens is 335 g/mol. The van der Waals surface area contributed by atoms with Gasteiger partial charge >= 0.3 is 8.69 Å². The standard InChI is InChI=1S/C19H27N2O3P/c1-14(17-9-5-6-15(10-17)12-20)21-13-18(22)11-19(24-25-23)16-7-3-2-4-8-16/h5-6,9-10,14,16,18-19,21-22H,2-4,7-8,11,13H2,1H3/t14-,18+,19?/m0/s1. The maximum atomic E-state index is 10.9. The van der Waals surface area contributed by atoms with E-state index in [0.29, 0.717) is 24.4 Å². The lowest BCUT2D eigenvalue weighted by atomic mass is 9.83. The quantitative estimate of drug-likeness (QED) is 0.646. The van der Waals surface area contributed by atoms with Gasteiger partial charge in [0.2, 0.25) is 0 Å². The zero-order chi connectivity index (χ0) is 18.1. The SMILES string of the molecule is C[C@H](NC[C@H](O)CC(OP=O)C1CCCCC1)c1cccc(C#N)c1. The molecule has 0 saturated heterocycles. The number of aliphatic hydroxyl groups excluding tert-OH is 1. The third kappa shape index (κ3) is 6.49. The van der Waals surface area contributed by atoms with Crippen LogP contribution in [0.5, 0.6) is 0 Å². The maximum Gasteiger partial charge on any atom is 0.327 e. The molecule has 1 aliphatic carbocycles. The van der Waals surface area contributed by atoms with E-state index < -0.39 is 6.10 Å². The number of benzene rings is 1. The van der Waals surface area contributed by atoms with Crippen molar-refractivity contribution in [1.29, 1.82) is 5.26 Å². The van der Waals surface area contributed by atoms with E-state index in [9.17, 15) is 9.67 Å². The highest BCUT2D eigenvalue weighted by Gasteiger charge is 2.27. The zero-order valence-corrected chi connectivity index (χ0v) is 15.6. The Morgan fingerprint density at radius 2 is 2.16 bits per heavy atom. The van der Waals surface area contributed by atoms with Crippen molar-refractivity contribution >= 4 is 8.69 Å². The summed E-state index contributed by atoms with van der Waals surface area (Å²) in [4.78, 5) is 0. The molecule has 1 fully saturated rings. The molecule has 0 heterocycles. The molecule has 1 aromatic carbocycles. The molecule has 1 unspecified atom stereocenters. The van der Waals surface area contributed by atoms with Crippen molar-refractivity contribution in [3.05, 3.63) is 35.4 Å². The van der Waals surface area contributed by atoms with E-state index in [-0.39, 0.29) is 20.8 Å². The van der Waals surface area contributed by atoms with E-state index in [1.807, 2.05) is 25.1 Å². The van der Waals surface area contributed by atoms with E-state index >= 15 is 0 Å². The van der Waals surface area contributed by atoms with Gasteiger partial charge in [-0.15, -0.1) is 0 Å². The van der Waals surface area contributed by atoms with Crippen LogP contribution >= 0.6 is 8.69 Å². The summed E-state index contributed by atoms with van der Waals surface area (Å²) in [6, 6.07) is 9.64. The molecule has 5 nitrogen and oxygen atoms in total. The lowest BCUT2D eigenvalue weighted by Crippen LogP contribution is -2.34. The van der Waals surface area contributed by atoms with Crippen LogP contribution in [0.1, 0.15) is 62.6 Å². The smallest absolute Gasteiger partial charge is 0.327 e. The summed E-state index contributed by atoms with van der Waals surface area (Å²) in [6.07, 6.45) is 5.54. The van der Waals surface area contributed by atoms with Crippen LogP contribution in [-0.2, 0) is 9.09 Å². The third-order valence-electron chi connectivity index (χ3n) is 5.03. The fourth-order valence-corrected chi connectivity index (χ4v) is 3.91. The average molecular weight is 362 g/mol. The van der Waals surface area contributed by atoms with Crippen molar-refractivity contribution in [2.24, 2.45) is 5.92 Å². The van der Waals surface area contributed by atoms with Gasteiger partial charge in [-0.05, 0) is 43.4 Å². The van der Waals surface area contributed by atoms with Crippen molar-refractivity contribution in [3.63, 3.8) is 0 Å². The second-order valence-corrected chi connectivity index (χ2v) is 7.23. The van der Waals surface area contributed by atoms with Crippen molar-refractivity contribution in [3.8, 4) is 6.07 Å². The Kier molecular flexibility index (Phi) is 8.51. The molecule has 2 rings (SSSR count). The maximum absolute atomic E-state index is 10.9. The van der Waals surface area contributed by atoms with Crippen LogP contribution < -0.4 is 5.32 Å². The minimum atomic E-state index is -0.560. The van der Waals surface area contributed by atoms with Gasteiger partial charge in [0.05, 0.1) is 23.8 Å². The Balaban J connectivity index is 1.84. The molecule has 0 aromatic heterocycles. The molecule has 1 saturated carbocycles. The predicted octanol–water partition coefficient (Wildman–Crippen LogP) is 4.13. The number of hydrogen-bond donors (Lipinski definition) is 2. The second-order valence-electron chi connectivity index (χ2n) is 6.87. The number of nitriles is 1. The van der Waals surface area contributed by atoms with Gasteiger partial charge in [-0.2, -0.15) is 5.26 Å². The van der Waals surface area contributed by atoms with E-state index in [2.05, 4.69) is 11.4 Å². The first kappa shape index (κ1) is 20.0. The molecule has 136 valence electrons. The summed E-state index contributed by atoms with van der Waals surface area (Å²) in [7, 11) is -0.309. The highest BCUT2D eigenvalue weighted by Crippen LogP contribution is 2.31. The molecule has 3 atom stereocenters. The van der Waals surface area contributed by atoms with E-state index in [1.54, 1.807) is 6.07 Å². The van der Waals surface area contributed by atoms with E-state index in [1.165, 1.54) is 19.3 Å². The molecule has 0 bridgehead atoms.